The lowest BCUT2D eigenvalue weighted by Crippen LogP contribution is -2.42. The molecule has 0 saturated carbocycles. The third-order valence-electron chi connectivity index (χ3n) is 5.25. The molecule has 1 unspecified atom stereocenters. The van der Waals surface area contributed by atoms with Crippen LogP contribution in [-0.2, 0) is 18.3 Å². The summed E-state index contributed by atoms with van der Waals surface area (Å²) in [6.07, 6.45) is 8.02. The van der Waals surface area contributed by atoms with Crippen molar-refractivity contribution in [3.8, 4) is 0 Å². The van der Waals surface area contributed by atoms with Gasteiger partial charge in [0, 0.05) is 63.2 Å². The maximum Gasteiger partial charge on any atom is 0.0622 e. The number of ether oxygens (including phenoxy) is 1. The van der Waals surface area contributed by atoms with E-state index >= 15 is 0 Å². The molecule has 5 heteroatoms. The number of likely N-dealkylation sites (tertiary alicyclic amines) is 2. The van der Waals surface area contributed by atoms with Crippen molar-refractivity contribution in [1.82, 2.24) is 19.6 Å². The summed E-state index contributed by atoms with van der Waals surface area (Å²) in [6.45, 7) is 5.45. The molecule has 1 aromatic heterocycles. The Labute approximate surface area is 120 Å². The van der Waals surface area contributed by atoms with Gasteiger partial charge in [0.05, 0.1) is 12.8 Å². The zero-order chi connectivity index (χ0) is 13.5. The number of rotatable bonds is 3. The Kier molecular flexibility index (Phi) is 3.28. The average Bonchev–Trinajstić information content (AvgIpc) is 3.16. The van der Waals surface area contributed by atoms with E-state index in [2.05, 4.69) is 21.1 Å². The van der Waals surface area contributed by atoms with Crippen LogP contribution >= 0.6 is 0 Å². The molecule has 20 heavy (non-hydrogen) atoms. The summed E-state index contributed by atoms with van der Waals surface area (Å²) >= 11 is 0. The van der Waals surface area contributed by atoms with E-state index in [-0.39, 0.29) is 0 Å². The second kappa shape index (κ2) is 5.13. The van der Waals surface area contributed by atoms with E-state index in [0.717, 1.165) is 31.8 Å². The molecule has 5 nitrogen and oxygen atoms in total. The van der Waals surface area contributed by atoms with E-state index in [1.807, 2.05) is 17.9 Å². The van der Waals surface area contributed by atoms with E-state index in [0.29, 0.717) is 6.04 Å². The highest BCUT2D eigenvalue weighted by Gasteiger charge is 2.45. The largest absolute Gasteiger partial charge is 0.380 e. The van der Waals surface area contributed by atoms with Crippen LogP contribution < -0.4 is 0 Å². The summed E-state index contributed by atoms with van der Waals surface area (Å²) < 4.78 is 7.48. The first kappa shape index (κ1) is 12.8. The second-order valence-electron chi connectivity index (χ2n) is 6.46. The van der Waals surface area contributed by atoms with Gasteiger partial charge in [-0.25, -0.2) is 0 Å². The quantitative estimate of drug-likeness (QED) is 0.820. The molecule has 3 atom stereocenters. The Morgan fingerprint density at radius 3 is 2.90 bits per heavy atom. The van der Waals surface area contributed by atoms with Gasteiger partial charge < -0.3 is 4.74 Å². The van der Waals surface area contributed by atoms with E-state index in [4.69, 9.17) is 4.74 Å². The smallest absolute Gasteiger partial charge is 0.0622 e. The van der Waals surface area contributed by atoms with Crippen molar-refractivity contribution in [3.63, 3.8) is 0 Å². The minimum Gasteiger partial charge on any atom is -0.380 e. The van der Waals surface area contributed by atoms with Crippen LogP contribution in [0.2, 0.25) is 0 Å². The molecule has 0 aromatic carbocycles. The molecule has 3 saturated heterocycles. The molecule has 3 aliphatic heterocycles. The molecule has 4 rings (SSSR count). The third kappa shape index (κ3) is 2.18. The van der Waals surface area contributed by atoms with Crippen LogP contribution in [0.25, 0.3) is 0 Å². The van der Waals surface area contributed by atoms with Crippen LogP contribution in [0, 0.1) is 0 Å². The van der Waals surface area contributed by atoms with Crippen molar-refractivity contribution in [2.45, 2.75) is 43.9 Å². The zero-order valence-electron chi connectivity index (χ0n) is 12.2. The summed E-state index contributed by atoms with van der Waals surface area (Å²) in [6, 6.07) is 2.19. The molecule has 1 aromatic rings. The Morgan fingerprint density at radius 2 is 2.15 bits per heavy atom. The molecule has 3 aliphatic rings. The van der Waals surface area contributed by atoms with E-state index in [9.17, 15) is 0 Å². The van der Waals surface area contributed by atoms with Gasteiger partial charge in [0.25, 0.3) is 0 Å². The normalized spacial score (nSPS) is 35.0. The predicted octanol–water partition coefficient (Wildman–Crippen LogP) is 0.858. The Balaban J connectivity index is 1.42. The fourth-order valence-electron chi connectivity index (χ4n) is 4.33. The first-order valence-electron chi connectivity index (χ1n) is 7.86. The van der Waals surface area contributed by atoms with Gasteiger partial charge in [-0.1, -0.05) is 0 Å². The number of aryl methyl sites for hydroxylation is 1. The van der Waals surface area contributed by atoms with Gasteiger partial charge in [-0.2, -0.15) is 5.10 Å². The molecular weight excluding hydrogens is 252 g/mol. The standard InChI is InChI=1S/C15H24N4O/c1-17-9-12(8-16-17)10-18-5-2-15-14(18)3-6-19(15)13-4-7-20-11-13/h8-9,13-15H,2-7,10-11H2,1H3/t13?,14-,15+/m0/s1. The maximum atomic E-state index is 5.58. The Hall–Kier alpha value is -0.910. The SMILES string of the molecule is Cn1cc(CN2CC[C@@H]3[C@@H]2CCN3C2CCOC2)cn1. The van der Waals surface area contributed by atoms with Crippen molar-refractivity contribution in [1.29, 1.82) is 0 Å². The van der Waals surface area contributed by atoms with Gasteiger partial charge in [-0.05, 0) is 19.3 Å². The van der Waals surface area contributed by atoms with Crippen molar-refractivity contribution < 1.29 is 4.74 Å². The van der Waals surface area contributed by atoms with Crippen LogP contribution in [0.3, 0.4) is 0 Å². The lowest BCUT2D eigenvalue weighted by atomic mass is 10.1. The molecule has 0 aliphatic carbocycles. The molecule has 4 heterocycles. The maximum absolute atomic E-state index is 5.58. The molecular formula is C15H24N4O. The van der Waals surface area contributed by atoms with Crippen LogP contribution in [0.4, 0.5) is 0 Å². The van der Waals surface area contributed by atoms with E-state index < -0.39 is 0 Å². The first-order valence-corrected chi connectivity index (χ1v) is 7.86. The number of hydrogen-bond acceptors (Lipinski definition) is 4. The lowest BCUT2D eigenvalue weighted by molar-refractivity contribution is 0.131. The van der Waals surface area contributed by atoms with Crippen molar-refractivity contribution in [2.75, 3.05) is 26.3 Å². The van der Waals surface area contributed by atoms with E-state index in [1.165, 1.54) is 37.9 Å². The summed E-state index contributed by atoms with van der Waals surface area (Å²) in [7, 11) is 1.99. The van der Waals surface area contributed by atoms with Crippen molar-refractivity contribution >= 4 is 0 Å². The average molecular weight is 276 g/mol. The topological polar surface area (TPSA) is 33.5 Å². The zero-order valence-corrected chi connectivity index (χ0v) is 12.2. The summed E-state index contributed by atoms with van der Waals surface area (Å²) in [5, 5.41) is 4.29. The van der Waals surface area contributed by atoms with Gasteiger partial charge in [-0.3, -0.25) is 14.5 Å². The molecule has 0 bridgehead atoms. The number of nitrogens with zero attached hydrogens (tertiary/aromatic N) is 4. The fraction of sp³-hybridized carbons (Fsp3) is 0.800. The number of fused-ring (bicyclic) bond motifs is 1. The van der Waals surface area contributed by atoms with Gasteiger partial charge >= 0.3 is 0 Å². The monoisotopic (exact) mass is 276 g/mol. The van der Waals surface area contributed by atoms with Gasteiger partial charge in [0.1, 0.15) is 0 Å². The summed E-state index contributed by atoms with van der Waals surface area (Å²) in [4.78, 5) is 5.40. The van der Waals surface area contributed by atoms with Crippen LogP contribution in [0.15, 0.2) is 12.4 Å². The summed E-state index contributed by atoms with van der Waals surface area (Å²) in [5.74, 6) is 0. The molecule has 0 amide bonds. The minimum absolute atomic E-state index is 0.684. The number of aromatic nitrogens is 2. The van der Waals surface area contributed by atoms with Gasteiger partial charge in [0.2, 0.25) is 0 Å². The highest BCUT2D eigenvalue weighted by Crippen LogP contribution is 2.35. The fourth-order valence-corrected chi connectivity index (χ4v) is 4.33. The molecule has 3 fully saturated rings. The lowest BCUT2D eigenvalue weighted by Gasteiger charge is -2.29. The molecule has 0 radical (unpaired) electrons. The van der Waals surface area contributed by atoms with E-state index in [1.54, 1.807) is 0 Å². The predicted molar refractivity (Wildman–Crippen MR) is 76.4 cm³/mol. The van der Waals surface area contributed by atoms with Crippen LogP contribution in [0.5, 0.6) is 0 Å². The molecule has 0 spiro atoms. The van der Waals surface area contributed by atoms with Gasteiger partial charge in [0.15, 0.2) is 0 Å². The minimum atomic E-state index is 0.684. The molecule has 0 N–H and O–H groups in total. The highest BCUT2D eigenvalue weighted by molar-refractivity contribution is 5.08. The third-order valence-corrected chi connectivity index (χ3v) is 5.25. The Morgan fingerprint density at radius 1 is 1.25 bits per heavy atom. The van der Waals surface area contributed by atoms with Crippen molar-refractivity contribution in [2.24, 2.45) is 7.05 Å². The van der Waals surface area contributed by atoms with Crippen LogP contribution in [-0.4, -0.2) is 64.0 Å². The first-order chi connectivity index (χ1) is 9.81. The Bertz CT molecular complexity index is 468. The second-order valence-corrected chi connectivity index (χ2v) is 6.46. The molecule has 110 valence electrons. The number of hydrogen-bond donors (Lipinski definition) is 0. The van der Waals surface area contributed by atoms with Crippen molar-refractivity contribution in [3.05, 3.63) is 18.0 Å². The summed E-state index contributed by atoms with van der Waals surface area (Å²) in [5.41, 5.74) is 1.34. The van der Waals surface area contributed by atoms with Gasteiger partial charge in [-0.15, -0.1) is 0 Å². The van der Waals surface area contributed by atoms with Crippen LogP contribution in [0.1, 0.15) is 24.8 Å². The highest BCUT2D eigenvalue weighted by atomic mass is 16.5.